The number of para-hydroxylation sites is 1. The number of aryl methyl sites for hydroxylation is 1. The Balaban J connectivity index is 2.02. The molecule has 0 fully saturated rings. The Kier molecular flexibility index (Phi) is 3.81. The van der Waals surface area contributed by atoms with Crippen LogP contribution in [0.3, 0.4) is 0 Å². The number of benzene rings is 2. The first-order chi connectivity index (χ1) is 10.6. The first kappa shape index (κ1) is 14.5. The highest BCUT2D eigenvalue weighted by molar-refractivity contribution is 6.30. The Labute approximate surface area is 131 Å². The predicted molar refractivity (Wildman–Crippen MR) is 83.1 cm³/mol. The fourth-order valence-electron chi connectivity index (χ4n) is 2.29. The summed E-state index contributed by atoms with van der Waals surface area (Å²) in [7, 11) is 0. The summed E-state index contributed by atoms with van der Waals surface area (Å²) in [6, 6.07) is 13.3. The summed E-state index contributed by atoms with van der Waals surface area (Å²) in [5.41, 5.74) is 0.717. The van der Waals surface area contributed by atoms with Crippen molar-refractivity contribution < 1.29 is 4.39 Å². The second-order valence-corrected chi connectivity index (χ2v) is 5.34. The molecule has 112 valence electrons. The molecule has 1 heterocycles. The molecule has 4 nitrogen and oxygen atoms in total. The van der Waals surface area contributed by atoms with Gasteiger partial charge in [-0.25, -0.2) is 18.4 Å². The molecule has 0 N–H and O–H groups in total. The third-order valence-electron chi connectivity index (χ3n) is 3.34. The van der Waals surface area contributed by atoms with Gasteiger partial charge in [-0.1, -0.05) is 35.9 Å². The molecule has 0 aliphatic carbocycles. The molecule has 0 amide bonds. The Morgan fingerprint density at radius 3 is 2.50 bits per heavy atom. The number of hydrogen-bond donors (Lipinski definition) is 0. The molecule has 1 aromatic heterocycles. The zero-order chi connectivity index (χ0) is 15.7. The first-order valence-electron chi connectivity index (χ1n) is 6.72. The molecule has 22 heavy (non-hydrogen) atoms. The van der Waals surface area contributed by atoms with Crippen LogP contribution < -0.4 is 5.69 Å². The second kappa shape index (κ2) is 5.77. The van der Waals surface area contributed by atoms with Crippen LogP contribution in [0.25, 0.3) is 5.69 Å². The van der Waals surface area contributed by atoms with E-state index in [-0.39, 0.29) is 11.4 Å². The Hall–Kier alpha value is -2.40. The smallest absolute Gasteiger partial charge is 0.246 e. The first-order valence-corrected chi connectivity index (χ1v) is 7.10. The molecule has 0 saturated carbocycles. The van der Waals surface area contributed by atoms with E-state index in [1.54, 1.807) is 37.3 Å². The normalized spacial score (nSPS) is 10.9. The van der Waals surface area contributed by atoms with Gasteiger partial charge in [0.05, 0.1) is 12.2 Å². The number of aromatic nitrogens is 3. The van der Waals surface area contributed by atoms with Crippen LogP contribution in [-0.4, -0.2) is 14.3 Å². The molecule has 0 bridgehead atoms. The lowest BCUT2D eigenvalue weighted by molar-refractivity contribution is 0.611. The van der Waals surface area contributed by atoms with Gasteiger partial charge in [-0.15, -0.1) is 0 Å². The van der Waals surface area contributed by atoms with Gasteiger partial charge >= 0.3 is 5.69 Å². The average Bonchev–Trinajstić information content (AvgIpc) is 2.77. The van der Waals surface area contributed by atoms with Crippen molar-refractivity contribution in [1.82, 2.24) is 14.3 Å². The molecular weight excluding hydrogens is 305 g/mol. The molecule has 0 aliphatic heterocycles. The van der Waals surface area contributed by atoms with E-state index in [0.29, 0.717) is 17.4 Å². The minimum atomic E-state index is -0.459. The standard InChI is InChI=1S/C16H13ClFN3O/c1-11-19-20(10-12-6-8-13(17)9-7-12)16(22)21(11)15-5-3-2-4-14(15)18/h2-9H,10H2,1H3. The molecule has 0 unspecified atom stereocenters. The van der Waals surface area contributed by atoms with E-state index >= 15 is 0 Å². The van der Waals surface area contributed by atoms with Crippen molar-refractivity contribution in [2.24, 2.45) is 0 Å². The molecule has 3 aromatic rings. The molecule has 0 radical (unpaired) electrons. The molecule has 0 aliphatic rings. The second-order valence-electron chi connectivity index (χ2n) is 4.90. The molecule has 2 aromatic carbocycles. The van der Waals surface area contributed by atoms with E-state index in [9.17, 15) is 9.18 Å². The third-order valence-corrected chi connectivity index (χ3v) is 3.59. The van der Waals surface area contributed by atoms with Gasteiger partial charge in [-0.3, -0.25) is 0 Å². The summed E-state index contributed by atoms with van der Waals surface area (Å²) in [5.74, 6) is -0.0252. The van der Waals surface area contributed by atoms with Gasteiger partial charge in [0.1, 0.15) is 11.6 Å². The highest BCUT2D eigenvalue weighted by Gasteiger charge is 2.14. The minimum absolute atomic E-state index is 0.201. The van der Waals surface area contributed by atoms with Crippen molar-refractivity contribution in [2.45, 2.75) is 13.5 Å². The SMILES string of the molecule is Cc1nn(Cc2ccc(Cl)cc2)c(=O)n1-c1ccccc1F. The summed E-state index contributed by atoms with van der Waals surface area (Å²) in [6.45, 7) is 1.98. The average molecular weight is 318 g/mol. The minimum Gasteiger partial charge on any atom is -0.246 e. The maximum Gasteiger partial charge on any atom is 0.350 e. The van der Waals surface area contributed by atoms with Gasteiger partial charge in [-0.05, 0) is 36.8 Å². The van der Waals surface area contributed by atoms with Gasteiger partial charge in [0.25, 0.3) is 0 Å². The summed E-state index contributed by atoms with van der Waals surface area (Å²) >= 11 is 5.84. The summed E-state index contributed by atoms with van der Waals surface area (Å²) in [6.07, 6.45) is 0. The van der Waals surface area contributed by atoms with Crippen molar-refractivity contribution in [3.8, 4) is 5.69 Å². The van der Waals surface area contributed by atoms with Gasteiger partial charge in [0.15, 0.2) is 0 Å². The third kappa shape index (κ3) is 2.67. The fourth-order valence-corrected chi connectivity index (χ4v) is 2.42. The summed E-state index contributed by atoms with van der Waals surface area (Å²) in [4.78, 5) is 12.5. The van der Waals surface area contributed by atoms with Gasteiger partial charge in [0, 0.05) is 5.02 Å². The number of nitrogens with zero attached hydrogens (tertiary/aromatic N) is 3. The maximum absolute atomic E-state index is 13.9. The summed E-state index contributed by atoms with van der Waals surface area (Å²) < 4.78 is 16.5. The molecule has 0 spiro atoms. The van der Waals surface area contributed by atoms with Crippen LogP contribution in [0.1, 0.15) is 11.4 Å². The Morgan fingerprint density at radius 1 is 1.14 bits per heavy atom. The van der Waals surface area contributed by atoms with Crippen LogP contribution in [-0.2, 0) is 6.54 Å². The predicted octanol–water partition coefficient (Wildman–Crippen LogP) is 3.18. The topological polar surface area (TPSA) is 39.8 Å². The summed E-state index contributed by atoms with van der Waals surface area (Å²) in [5, 5.41) is 4.84. The lowest BCUT2D eigenvalue weighted by Crippen LogP contribution is -2.25. The van der Waals surface area contributed by atoms with Crippen LogP contribution in [0.2, 0.25) is 5.02 Å². The van der Waals surface area contributed by atoms with Crippen LogP contribution in [0.5, 0.6) is 0 Å². The highest BCUT2D eigenvalue weighted by Crippen LogP contribution is 2.13. The molecule has 0 saturated heterocycles. The largest absolute Gasteiger partial charge is 0.350 e. The Morgan fingerprint density at radius 2 is 1.82 bits per heavy atom. The van der Waals surface area contributed by atoms with Crippen LogP contribution in [0, 0.1) is 12.7 Å². The van der Waals surface area contributed by atoms with Gasteiger partial charge in [-0.2, -0.15) is 5.10 Å². The lowest BCUT2D eigenvalue weighted by Gasteiger charge is -2.03. The van der Waals surface area contributed by atoms with E-state index in [4.69, 9.17) is 11.6 Å². The van der Waals surface area contributed by atoms with Crippen molar-refractivity contribution in [2.75, 3.05) is 0 Å². The zero-order valence-electron chi connectivity index (χ0n) is 11.8. The van der Waals surface area contributed by atoms with Crippen molar-refractivity contribution >= 4 is 11.6 Å². The fraction of sp³-hybridized carbons (Fsp3) is 0.125. The van der Waals surface area contributed by atoms with Crippen molar-refractivity contribution in [3.63, 3.8) is 0 Å². The lowest BCUT2D eigenvalue weighted by atomic mass is 10.2. The maximum atomic E-state index is 13.9. The van der Waals surface area contributed by atoms with Gasteiger partial charge < -0.3 is 0 Å². The Bertz CT molecular complexity index is 868. The van der Waals surface area contributed by atoms with Crippen molar-refractivity contribution in [1.29, 1.82) is 0 Å². The molecule has 0 atom stereocenters. The van der Waals surface area contributed by atoms with E-state index in [1.165, 1.54) is 15.3 Å². The van der Waals surface area contributed by atoms with Crippen LogP contribution >= 0.6 is 11.6 Å². The van der Waals surface area contributed by atoms with Gasteiger partial charge in [0.2, 0.25) is 0 Å². The van der Waals surface area contributed by atoms with E-state index in [0.717, 1.165) is 5.56 Å². The van der Waals surface area contributed by atoms with E-state index in [1.807, 2.05) is 12.1 Å². The van der Waals surface area contributed by atoms with E-state index in [2.05, 4.69) is 5.10 Å². The number of halogens is 2. The molecular formula is C16H13ClFN3O. The zero-order valence-corrected chi connectivity index (χ0v) is 12.6. The van der Waals surface area contributed by atoms with Crippen LogP contribution in [0.4, 0.5) is 4.39 Å². The highest BCUT2D eigenvalue weighted by atomic mass is 35.5. The monoisotopic (exact) mass is 317 g/mol. The molecule has 3 rings (SSSR count). The van der Waals surface area contributed by atoms with E-state index < -0.39 is 5.82 Å². The number of rotatable bonds is 3. The quantitative estimate of drug-likeness (QED) is 0.744. The number of hydrogen-bond acceptors (Lipinski definition) is 2. The molecule has 6 heteroatoms. The van der Waals surface area contributed by atoms with Crippen LogP contribution in [0.15, 0.2) is 53.3 Å². The van der Waals surface area contributed by atoms with Crippen molar-refractivity contribution in [3.05, 3.63) is 81.2 Å².